The fraction of sp³-hybridized carbons (Fsp3) is 0.565. The van der Waals surface area contributed by atoms with Crippen LogP contribution in [0.3, 0.4) is 0 Å². The van der Waals surface area contributed by atoms with E-state index in [1.54, 1.807) is 20.4 Å². The third-order valence-electron chi connectivity index (χ3n) is 5.24. The zero-order valence-electron chi connectivity index (χ0n) is 18.7. The van der Waals surface area contributed by atoms with Crippen LogP contribution in [0.15, 0.2) is 33.8 Å². The van der Waals surface area contributed by atoms with Crippen LogP contribution in [0.1, 0.15) is 63.7 Å². The molecular formula is C23H34N4O3. The average molecular weight is 415 g/mol. The zero-order valence-corrected chi connectivity index (χ0v) is 18.7. The molecule has 30 heavy (non-hydrogen) atoms. The van der Waals surface area contributed by atoms with Crippen LogP contribution in [0.25, 0.3) is 0 Å². The van der Waals surface area contributed by atoms with E-state index in [0.29, 0.717) is 24.9 Å². The number of rotatable bonds is 7. The molecule has 1 fully saturated rings. The molecule has 1 aliphatic carbocycles. The summed E-state index contributed by atoms with van der Waals surface area (Å²) in [6, 6.07) is 5.97. The number of nitrogens with one attached hydrogen (secondary N) is 2. The maximum Gasteiger partial charge on any atom is 0.213 e. The Labute approximate surface area is 179 Å². The molecule has 0 bridgehead atoms. The van der Waals surface area contributed by atoms with Crippen LogP contribution in [0.4, 0.5) is 0 Å². The second-order valence-corrected chi connectivity index (χ2v) is 8.62. The smallest absolute Gasteiger partial charge is 0.213 e. The maximum atomic E-state index is 6.31. The Morgan fingerprint density at radius 3 is 2.57 bits per heavy atom. The van der Waals surface area contributed by atoms with Crippen molar-refractivity contribution >= 4 is 5.96 Å². The molecule has 0 amide bonds. The lowest BCUT2D eigenvalue weighted by Gasteiger charge is -2.20. The molecule has 2 aromatic rings. The summed E-state index contributed by atoms with van der Waals surface area (Å²) in [4.78, 5) is 8.66. The SMILES string of the molecule is CN=C(NCc1ncc(C(C)(C)C)o1)NCc1cccc(OC)c1OC1CCCC1. The van der Waals surface area contributed by atoms with Gasteiger partial charge in [0.2, 0.25) is 5.89 Å². The number of ether oxygens (including phenoxy) is 2. The van der Waals surface area contributed by atoms with Gasteiger partial charge in [-0.3, -0.25) is 4.99 Å². The largest absolute Gasteiger partial charge is 0.493 e. The van der Waals surface area contributed by atoms with E-state index >= 15 is 0 Å². The molecule has 1 aliphatic rings. The summed E-state index contributed by atoms with van der Waals surface area (Å²) in [5.41, 5.74) is 0.975. The Balaban J connectivity index is 1.61. The highest BCUT2D eigenvalue weighted by Crippen LogP contribution is 2.34. The number of para-hydroxylation sites is 1. The monoisotopic (exact) mass is 414 g/mol. The quantitative estimate of drug-likeness (QED) is 0.523. The lowest BCUT2D eigenvalue weighted by molar-refractivity contribution is 0.198. The van der Waals surface area contributed by atoms with Crippen molar-refractivity contribution in [2.24, 2.45) is 4.99 Å². The maximum absolute atomic E-state index is 6.31. The predicted molar refractivity (Wildman–Crippen MR) is 118 cm³/mol. The summed E-state index contributed by atoms with van der Waals surface area (Å²) in [6.45, 7) is 7.33. The minimum atomic E-state index is -0.0622. The Hall–Kier alpha value is -2.70. The topological polar surface area (TPSA) is 80.9 Å². The first kappa shape index (κ1) is 22.0. The van der Waals surface area contributed by atoms with Crippen LogP contribution < -0.4 is 20.1 Å². The van der Waals surface area contributed by atoms with Crippen molar-refractivity contribution in [3.63, 3.8) is 0 Å². The number of guanidine groups is 1. The van der Waals surface area contributed by atoms with Crippen molar-refractivity contribution in [3.8, 4) is 11.5 Å². The van der Waals surface area contributed by atoms with Crippen molar-refractivity contribution in [3.05, 3.63) is 41.6 Å². The Morgan fingerprint density at radius 1 is 1.20 bits per heavy atom. The van der Waals surface area contributed by atoms with Crippen molar-refractivity contribution in [1.82, 2.24) is 15.6 Å². The first-order valence-electron chi connectivity index (χ1n) is 10.6. The molecule has 0 atom stereocenters. The molecule has 7 heteroatoms. The second kappa shape index (κ2) is 9.87. The Kier molecular flexibility index (Phi) is 7.24. The molecule has 3 rings (SSSR count). The van der Waals surface area contributed by atoms with Crippen LogP contribution in [-0.2, 0) is 18.5 Å². The summed E-state index contributed by atoms with van der Waals surface area (Å²) < 4.78 is 17.7. The Morgan fingerprint density at radius 2 is 1.93 bits per heavy atom. The summed E-state index contributed by atoms with van der Waals surface area (Å²) in [5.74, 6) is 3.75. The minimum absolute atomic E-state index is 0.0622. The van der Waals surface area contributed by atoms with Crippen LogP contribution in [-0.4, -0.2) is 31.2 Å². The van der Waals surface area contributed by atoms with Gasteiger partial charge in [-0.2, -0.15) is 0 Å². The van der Waals surface area contributed by atoms with Gasteiger partial charge in [-0.25, -0.2) is 4.98 Å². The second-order valence-electron chi connectivity index (χ2n) is 8.62. The van der Waals surface area contributed by atoms with Gasteiger partial charge in [0.15, 0.2) is 17.5 Å². The van der Waals surface area contributed by atoms with E-state index in [0.717, 1.165) is 35.7 Å². The molecule has 0 saturated heterocycles. The lowest BCUT2D eigenvalue weighted by atomic mass is 9.94. The number of nitrogens with zero attached hydrogens (tertiary/aromatic N) is 2. The molecule has 0 aliphatic heterocycles. The molecule has 0 radical (unpaired) electrons. The normalized spacial score (nSPS) is 15.3. The van der Waals surface area contributed by atoms with Gasteiger partial charge >= 0.3 is 0 Å². The number of aromatic nitrogens is 1. The molecule has 7 nitrogen and oxygen atoms in total. The average Bonchev–Trinajstić information content (AvgIpc) is 3.40. The highest BCUT2D eigenvalue weighted by atomic mass is 16.5. The number of aliphatic imine (C=N–C) groups is 1. The number of benzene rings is 1. The van der Waals surface area contributed by atoms with Crippen LogP contribution in [0, 0.1) is 0 Å². The fourth-order valence-electron chi connectivity index (χ4n) is 3.47. The predicted octanol–water partition coefficient (Wildman–Crippen LogP) is 4.17. The molecule has 2 N–H and O–H groups in total. The van der Waals surface area contributed by atoms with E-state index in [9.17, 15) is 0 Å². The molecule has 1 aromatic carbocycles. The highest BCUT2D eigenvalue weighted by Gasteiger charge is 2.21. The third kappa shape index (κ3) is 5.68. The van der Waals surface area contributed by atoms with Gasteiger partial charge < -0.3 is 24.5 Å². The summed E-state index contributed by atoms with van der Waals surface area (Å²) >= 11 is 0. The Bertz CT molecular complexity index is 848. The molecule has 164 valence electrons. The van der Waals surface area contributed by atoms with E-state index in [2.05, 4.69) is 47.4 Å². The van der Waals surface area contributed by atoms with Gasteiger partial charge in [-0.05, 0) is 31.7 Å². The molecule has 1 aromatic heterocycles. The lowest BCUT2D eigenvalue weighted by Crippen LogP contribution is -2.36. The van der Waals surface area contributed by atoms with E-state index in [4.69, 9.17) is 13.9 Å². The number of hydrogen-bond acceptors (Lipinski definition) is 5. The van der Waals surface area contributed by atoms with Gasteiger partial charge in [0.1, 0.15) is 5.76 Å². The van der Waals surface area contributed by atoms with Gasteiger partial charge in [0.05, 0.1) is 26.0 Å². The van der Waals surface area contributed by atoms with Gasteiger partial charge in [-0.15, -0.1) is 0 Å². The summed E-state index contributed by atoms with van der Waals surface area (Å²) in [6.07, 6.45) is 6.70. The fourth-order valence-corrected chi connectivity index (χ4v) is 3.47. The minimum Gasteiger partial charge on any atom is -0.493 e. The molecule has 0 unspecified atom stereocenters. The highest BCUT2D eigenvalue weighted by molar-refractivity contribution is 5.79. The van der Waals surface area contributed by atoms with Gasteiger partial charge in [-0.1, -0.05) is 32.9 Å². The van der Waals surface area contributed by atoms with Crippen LogP contribution in [0.5, 0.6) is 11.5 Å². The zero-order chi connectivity index (χ0) is 21.6. The van der Waals surface area contributed by atoms with Crippen molar-refractivity contribution < 1.29 is 13.9 Å². The summed E-state index contributed by atoms with van der Waals surface area (Å²) in [7, 11) is 3.42. The third-order valence-corrected chi connectivity index (χ3v) is 5.24. The summed E-state index contributed by atoms with van der Waals surface area (Å²) in [5, 5.41) is 6.60. The van der Waals surface area contributed by atoms with Crippen molar-refractivity contribution in [2.45, 2.75) is 71.1 Å². The van der Waals surface area contributed by atoms with E-state index < -0.39 is 0 Å². The van der Waals surface area contributed by atoms with Gasteiger partial charge in [0.25, 0.3) is 0 Å². The van der Waals surface area contributed by atoms with Gasteiger partial charge in [0, 0.05) is 24.6 Å². The van der Waals surface area contributed by atoms with Crippen molar-refractivity contribution in [1.29, 1.82) is 0 Å². The standard InChI is InChI=1S/C23H34N4O3/c1-23(2,3)19-14-25-20(30-19)15-27-22(24-4)26-13-16-9-8-12-18(28-5)21(16)29-17-10-6-7-11-17/h8-9,12,14,17H,6-7,10-11,13,15H2,1-5H3,(H2,24,26,27). The van der Waals surface area contributed by atoms with Crippen molar-refractivity contribution in [2.75, 3.05) is 14.2 Å². The molecular weight excluding hydrogens is 380 g/mol. The van der Waals surface area contributed by atoms with E-state index in [-0.39, 0.29) is 11.5 Å². The first-order valence-corrected chi connectivity index (χ1v) is 10.6. The van der Waals surface area contributed by atoms with Crippen LogP contribution in [0.2, 0.25) is 0 Å². The molecule has 1 saturated carbocycles. The van der Waals surface area contributed by atoms with E-state index in [1.807, 2.05) is 12.1 Å². The number of methoxy groups -OCH3 is 1. The molecule has 0 spiro atoms. The first-order chi connectivity index (χ1) is 14.4. The molecule has 1 heterocycles. The number of hydrogen-bond donors (Lipinski definition) is 2. The van der Waals surface area contributed by atoms with Crippen LogP contribution >= 0.6 is 0 Å². The van der Waals surface area contributed by atoms with E-state index in [1.165, 1.54) is 12.8 Å². The number of oxazole rings is 1.